The van der Waals surface area contributed by atoms with Crippen molar-refractivity contribution in [3.63, 3.8) is 0 Å². The van der Waals surface area contributed by atoms with Crippen LogP contribution in [0.5, 0.6) is 5.75 Å². The number of ether oxygens (including phenoxy) is 2. The van der Waals surface area contributed by atoms with Crippen molar-refractivity contribution in [1.29, 1.82) is 0 Å². The lowest BCUT2D eigenvalue weighted by Gasteiger charge is -2.26. The first-order valence-electron chi connectivity index (χ1n) is 14.7. The van der Waals surface area contributed by atoms with E-state index in [1.165, 1.54) is 12.4 Å². The van der Waals surface area contributed by atoms with Gasteiger partial charge in [0, 0.05) is 26.6 Å². The topological polar surface area (TPSA) is 84.8 Å². The van der Waals surface area contributed by atoms with Gasteiger partial charge in [-0.15, -0.1) is 0 Å². The summed E-state index contributed by atoms with van der Waals surface area (Å²) in [5.74, 6) is -0.222. The van der Waals surface area contributed by atoms with Crippen LogP contribution in [0.15, 0.2) is 67.0 Å². The van der Waals surface area contributed by atoms with Gasteiger partial charge in [0.2, 0.25) is 5.95 Å². The SMILES string of the molecule is COC(C)c1ccc(C)c(-c2ccc(C)cc2CN(Cc2cc(C)cc(C(F)(F)F)c2)c2ncc(OCCCC(=O)O)cn2)c1. The average molecular weight is 622 g/mol. The van der Waals surface area contributed by atoms with Crippen LogP contribution in [0.2, 0.25) is 0 Å². The normalized spacial score (nSPS) is 12.2. The highest BCUT2D eigenvalue weighted by molar-refractivity contribution is 5.72. The number of nitrogens with zero attached hydrogens (tertiary/aromatic N) is 3. The summed E-state index contributed by atoms with van der Waals surface area (Å²) < 4.78 is 52.3. The largest absolute Gasteiger partial charge is 0.490 e. The number of methoxy groups -OCH3 is 1. The minimum Gasteiger partial charge on any atom is -0.490 e. The van der Waals surface area contributed by atoms with Crippen LogP contribution in [0.4, 0.5) is 19.1 Å². The number of anilines is 1. The summed E-state index contributed by atoms with van der Waals surface area (Å²) in [5.41, 5.74) is 6.40. The van der Waals surface area contributed by atoms with Gasteiger partial charge < -0.3 is 19.5 Å². The van der Waals surface area contributed by atoms with Gasteiger partial charge in [-0.1, -0.05) is 47.5 Å². The second-order valence-electron chi connectivity index (χ2n) is 11.2. The van der Waals surface area contributed by atoms with Crippen LogP contribution in [-0.4, -0.2) is 34.8 Å². The zero-order valence-electron chi connectivity index (χ0n) is 26.1. The lowest BCUT2D eigenvalue weighted by atomic mass is 9.92. The molecule has 0 radical (unpaired) electrons. The van der Waals surface area contributed by atoms with Crippen LogP contribution in [0.3, 0.4) is 0 Å². The molecule has 0 aliphatic carbocycles. The van der Waals surface area contributed by atoms with Gasteiger partial charge in [0.1, 0.15) is 0 Å². The van der Waals surface area contributed by atoms with Crippen LogP contribution in [0.1, 0.15) is 64.8 Å². The molecule has 0 fully saturated rings. The molecule has 1 N–H and O–H groups in total. The highest BCUT2D eigenvalue weighted by atomic mass is 19.4. The molecule has 3 aromatic carbocycles. The molecule has 10 heteroatoms. The molecule has 0 saturated heterocycles. The molecule has 45 heavy (non-hydrogen) atoms. The second kappa shape index (κ2) is 14.6. The van der Waals surface area contributed by atoms with Gasteiger partial charge in [-0.2, -0.15) is 13.2 Å². The van der Waals surface area contributed by atoms with E-state index in [9.17, 15) is 18.0 Å². The number of carbonyl (C=O) groups is 1. The quantitative estimate of drug-likeness (QED) is 0.151. The zero-order valence-corrected chi connectivity index (χ0v) is 26.1. The maximum Gasteiger partial charge on any atom is 0.416 e. The Hall–Kier alpha value is -4.44. The number of carboxylic acids is 1. The summed E-state index contributed by atoms with van der Waals surface area (Å²) in [4.78, 5) is 21.6. The number of rotatable bonds is 13. The van der Waals surface area contributed by atoms with Crippen molar-refractivity contribution in [2.75, 3.05) is 18.6 Å². The van der Waals surface area contributed by atoms with Gasteiger partial charge in [-0.05, 0) is 85.7 Å². The maximum absolute atomic E-state index is 13.7. The first kappa shape index (κ1) is 33.5. The Morgan fingerprint density at radius 2 is 1.67 bits per heavy atom. The Balaban J connectivity index is 1.74. The summed E-state index contributed by atoms with van der Waals surface area (Å²) in [5, 5.41) is 8.85. The smallest absolute Gasteiger partial charge is 0.416 e. The number of aryl methyl sites for hydroxylation is 3. The maximum atomic E-state index is 13.7. The number of hydrogen-bond donors (Lipinski definition) is 1. The lowest BCUT2D eigenvalue weighted by molar-refractivity contribution is -0.138. The summed E-state index contributed by atoms with van der Waals surface area (Å²) in [6, 6.07) is 16.4. The molecule has 0 amide bonds. The minimum atomic E-state index is -4.48. The Morgan fingerprint density at radius 1 is 0.933 bits per heavy atom. The van der Waals surface area contributed by atoms with Gasteiger partial charge in [0.15, 0.2) is 5.75 Å². The van der Waals surface area contributed by atoms with Crippen molar-refractivity contribution < 1.29 is 32.5 Å². The van der Waals surface area contributed by atoms with Crippen LogP contribution >= 0.6 is 0 Å². The fourth-order valence-electron chi connectivity index (χ4n) is 5.14. The molecule has 7 nitrogen and oxygen atoms in total. The van der Waals surface area contributed by atoms with E-state index in [2.05, 4.69) is 34.2 Å². The van der Waals surface area contributed by atoms with Crippen LogP contribution in [0, 0.1) is 20.8 Å². The Kier molecular flexibility index (Phi) is 10.8. The van der Waals surface area contributed by atoms with E-state index in [4.69, 9.17) is 14.6 Å². The molecule has 1 atom stereocenters. The van der Waals surface area contributed by atoms with E-state index in [-0.39, 0.29) is 25.7 Å². The summed E-state index contributed by atoms with van der Waals surface area (Å²) in [7, 11) is 1.67. The van der Waals surface area contributed by atoms with Gasteiger partial charge in [0.05, 0.1) is 30.7 Å². The number of halogens is 3. The standard InChI is InChI=1S/C35H38F3N3O4/c1-22-8-11-31(32-17-27(25(4)44-5)10-9-24(32)3)28(14-22)21-41(20-26-13-23(2)15-29(16-26)35(36,37)38)34-39-18-30(19-40-34)45-12-6-7-33(42)43/h8-11,13-19,25H,6-7,12,20-21H2,1-5H3,(H,42,43). The molecule has 0 aliphatic heterocycles. The number of aliphatic carboxylic acids is 1. The van der Waals surface area contributed by atoms with E-state index < -0.39 is 17.7 Å². The van der Waals surface area contributed by atoms with Crippen LogP contribution in [-0.2, 0) is 28.8 Å². The fraction of sp³-hybridized carbons (Fsp3) is 0.343. The summed E-state index contributed by atoms with van der Waals surface area (Å²) >= 11 is 0. The van der Waals surface area contributed by atoms with E-state index in [0.29, 0.717) is 35.8 Å². The molecule has 0 spiro atoms. The molecular formula is C35H38F3N3O4. The predicted octanol–water partition coefficient (Wildman–Crippen LogP) is 8.25. The molecule has 4 rings (SSSR count). The van der Waals surface area contributed by atoms with Crippen molar-refractivity contribution in [2.45, 2.75) is 65.9 Å². The van der Waals surface area contributed by atoms with Crippen molar-refractivity contribution in [3.05, 3.63) is 106 Å². The molecule has 4 aromatic rings. The highest BCUT2D eigenvalue weighted by Crippen LogP contribution is 2.34. The molecule has 0 bridgehead atoms. The average Bonchev–Trinajstić information content (AvgIpc) is 2.99. The Labute approximate surface area is 261 Å². The van der Waals surface area contributed by atoms with Gasteiger partial charge in [-0.3, -0.25) is 4.79 Å². The number of hydrogen-bond acceptors (Lipinski definition) is 6. The molecule has 1 unspecified atom stereocenters. The van der Waals surface area contributed by atoms with Gasteiger partial charge in [-0.25, -0.2) is 9.97 Å². The van der Waals surface area contributed by atoms with Crippen molar-refractivity contribution in [1.82, 2.24) is 9.97 Å². The fourth-order valence-corrected chi connectivity index (χ4v) is 5.14. The first-order valence-corrected chi connectivity index (χ1v) is 14.7. The van der Waals surface area contributed by atoms with Crippen LogP contribution in [0.25, 0.3) is 11.1 Å². The van der Waals surface area contributed by atoms with E-state index in [1.54, 1.807) is 20.1 Å². The third-order valence-corrected chi connectivity index (χ3v) is 7.54. The zero-order chi connectivity index (χ0) is 32.7. The highest BCUT2D eigenvalue weighted by Gasteiger charge is 2.31. The van der Waals surface area contributed by atoms with Gasteiger partial charge >= 0.3 is 12.1 Å². The number of aromatic nitrogens is 2. The number of benzene rings is 3. The van der Waals surface area contributed by atoms with Crippen molar-refractivity contribution in [2.24, 2.45) is 0 Å². The van der Waals surface area contributed by atoms with Gasteiger partial charge in [0.25, 0.3) is 0 Å². The number of carboxylic acid groups (broad SMARTS) is 1. The molecule has 0 saturated carbocycles. The monoisotopic (exact) mass is 621 g/mol. The second-order valence-corrected chi connectivity index (χ2v) is 11.2. The summed E-state index contributed by atoms with van der Waals surface area (Å²) in [6.45, 7) is 8.30. The third kappa shape index (κ3) is 9.04. The van der Waals surface area contributed by atoms with Crippen molar-refractivity contribution in [3.8, 4) is 16.9 Å². The molecule has 1 aromatic heterocycles. The van der Waals surface area contributed by atoms with E-state index >= 15 is 0 Å². The van der Waals surface area contributed by atoms with Crippen molar-refractivity contribution >= 4 is 11.9 Å². The van der Waals surface area contributed by atoms with E-state index in [0.717, 1.165) is 45.5 Å². The summed E-state index contributed by atoms with van der Waals surface area (Å²) in [6.07, 6.45) is -1.29. The Morgan fingerprint density at radius 3 is 2.33 bits per heavy atom. The first-order chi connectivity index (χ1) is 21.3. The van der Waals surface area contributed by atoms with Crippen LogP contribution < -0.4 is 9.64 Å². The Bertz CT molecular complexity index is 1620. The molecule has 0 aliphatic rings. The molecule has 1 heterocycles. The molecule has 238 valence electrons. The minimum absolute atomic E-state index is 0.0191. The molecular weight excluding hydrogens is 583 g/mol. The predicted molar refractivity (Wildman–Crippen MR) is 167 cm³/mol. The third-order valence-electron chi connectivity index (χ3n) is 7.54. The lowest BCUT2D eigenvalue weighted by Crippen LogP contribution is -2.25. The van der Waals surface area contributed by atoms with E-state index in [1.807, 2.05) is 37.8 Å². The number of alkyl halides is 3.